The second-order valence-corrected chi connectivity index (χ2v) is 6.48. The lowest BCUT2D eigenvalue weighted by atomic mass is 10.1. The van der Waals surface area contributed by atoms with E-state index in [1.54, 1.807) is 6.07 Å². The molecule has 1 amide bonds. The molecule has 0 bridgehead atoms. The molecule has 5 nitrogen and oxygen atoms in total. The van der Waals surface area contributed by atoms with Gasteiger partial charge < -0.3 is 10.1 Å². The summed E-state index contributed by atoms with van der Waals surface area (Å²) >= 11 is 3.34. The molecule has 2 aromatic rings. The zero-order valence-corrected chi connectivity index (χ0v) is 15.6. The molecule has 0 saturated carbocycles. The van der Waals surface area contributed by atoms with Gasteiger partial charge in [0.1, 0.15) is 5.82 Å². The van der Waals surface area contributed by atoms with Gasteiger partial charge in [0, 0.05) is 16.5 Å². The predicted molar refractivity (Wildman–Crippen MR) is 98.4 cm³/mol. The Balaban J connectivity index is 1.74. The van der Waals surface area contributed by atoms with Crippen LogP contribution >= 0.6 is 15.9 Å². The molecule has 0 aromatic heterocycles. The van der Waals surface area contributed by atoms with Crippen molar-refractivity contribution >= 4 is 39.3 Å². The van der Waals surface area contributed by atoms with Crippen LogP contribution in [0.2, 0.25) is 0 Å². The number of benzene rings is 2. The van der Waals surface area contributed by atoms with Gasteiger partial charge >= 0.3 is 5.97 Å². The molecule has 0 aliphatic carbocycles. The van der Waals surface area contributed by atoms with E-state index in [4.69, 9.17) is 4.74 Å². The number of aryl methyl sites for hydroxylation is 1. The van der Waals surface area contributed by atoms with Gasteiger partial charge in [0.2, 0.25) is 0 Å². The maximum Gasteiger partial charge on any atom is 0.306 e. The third-order valence-corrected chi connectivity index (χ3v) is 4.14. The Bertz CT molecular complexity index is 821. The first-order valence-corrected chi connectivity index (χ1v) is 8.65. The third-order valence-electron chi connectivity index (χ3n) is 3.49. The van der Waals surface area contributed by atoms with Crippen LogP contribution in [0.1, 0.15) is 28.8 Å². The van der Waals surface area contributed by atoms with Crippen LogP contribution in [-0.2, 0) is 14.3 Å². The zero-order chi connectivity index (χ0) is 19.1. The Morgan fingerprint density at radius 2 is 1.77 bits per heavy atom. The van der Waals surface area contributed by atoms with Crippen LogP contribution in [0.25, 0.3) is 0 Å². The summed E-state index contributed by atoms with van der Waals surface area (Å²) in [6, 6.07) is 10.5. The number of hydrogen-bond acceptors (Lipinski definition) is 4. The lowest BCUT2D eigenvalue weighted by Gasteiger charge is -2.09. The molecule has 136 valence electrons. The van der Waals surface area contributed by atoms with E-state index in [9.17, 15) is 18.8 Å². The Kier molecular flexibility index (Phi) is 7.03. The highest BCUT2D eigenvalue weighted by Crippen LogP contribution is 2.23. The maximum absolute atomic E-state index is 12.8. The van der Waals surface area contributed by atoms with E-state index >= 15 is 0 Å². The van der Waals surface area contributed by atoms with Gasteiger partial charge in [0.25, 0.3) is 5.91 Å². The fourth-order valence-electron chi connectivity index (χ4n) is 2.12. The molecular formula is C19H17BrFNO4. The fourth-order valence-corrected chi connectivity index (χ4v) is 2.71. The van der Waals surface area contributed by atoms with Crippen molar-refractivity contribution in [2.45, 2.75) is 19.8 Å². The molecule has 1 N–H and O–H groups in total. The van der Waals surface area contributed by atoms with Gasteiger partial charge in [0.05, 0.1) is 12.1 Å². The molecular weight excluding hydrogens is 405 g/mol. The minimum Gasteiger partial charge on any atom is -0.456 e. The summed E-state index contributed by atoms with van der Waals surface area (Å²) in [7, 11) is 0. The van der Waals surface area contributed by atoms with E-state index in [1.165, 1.54) is 24.3 Å². The summed E-state index contributed by atoms with van der Waals surface area (Å²) in [4.78, 5) is 35.4. The number of hydrogen-bond donors (Lipinski definition) is 1. The summed E-state index contributed by atoms with van der Waals surface area (Å²) in [5.74, 6) is -1.87. The maximum atomic E-state index is 12.8. The average molecular weight is 422 g/mol. The van der Waals surface area contributed by atoms with Crippen molar-refractivity contribution in [1.29, 1.82) is 0 Å². The summed E-state index contributed by atoms with van der Waals surface area (Å²) in [6.07, 6.45) is -0.229. The highest BCUT2D eigenvalue weighted by molar-refractivity contribution is 9.10. The van der Waals surface area contributed by atoms with Gasteiger partial charge in [-0.1, -0.05) is 6.07 Å². The molecule has 0 unspecified atom stereocenters. The highest BCUT2D eigenvalue weighted by Gasteiger charge is 2.13. The van der Waals surface area contributed by atoms with Gasteiger partial charge in [-0.15, -0.1) is 0 Å². The van der Waals surface area contributed by atoms with Crippen molar-refractivity contribution in [2.75, 3.05) is 11.9 Å². The van der Waals surface area contributed by atoms with Crippen LogP contribution in [0, 0.1) is 12.7 Å². The van der Waals surface area contributed by atoms with Crippen molar-refractivity contribution in [3.63, 3.8) is 0 Å². The van der Waals surface area contributed by atoms with Gasteiger partial charge in [-0.3, -0.25) is 14.4 Å². The summed E-state index contributed by atoms with van der Waals surface area (Å²) < 4.78 is 18.4. The first-order valence-electron chi connectivity index (χ1n) is 7.85. The van der Waals surface area contributed by atoms with Crippen molar-refractivity contribution in [2.24, 2.45) is 0 Å². The molecule has 0 heterocycles. The summed E-state index contributed by atoms with van der Waals surface area (Å²) in [5, 5.41) is 2.62. The van der Waals surface area contributed by atoms with Gasteiger partial charge in [-0.05, 0) is 64.8 Å². The average Bonchev–Trinajstić information content (AvgIpc) is 2.61. The van der Waals surface area contributed by atoms with Gasteiger partial charge in [-0.25, -0.2) is 4.39 Å². The van der Waals surface area contributed by atoms with E-state index in [1.807, 2.05) is 19.1 Å². The second kappa shape index (κ2) is 9.24. The Labute approximate surface area is 158 Å². The van der Waals surface area contributed by atoms with Crippen LogP contribution in [-0.4, -0.2) is 24.3 Å². The number of anilines is 1. The number of amides is 1. The molecule has 0 atom stereocenters. The van der Waals surface area contributed by atoms with Crippen molar-refractivity contribution in [3.8, 4) is 0 Å². The molecule has 0 aliphatic rings. The van der Waals surface area contributed by atoms with E-state index < -0.39 is 24.3 Å². The number of rotatable bonds is 7. The first-order chi connectivity index (χ1) is 12.3. The lowest BCUT2D eigenvalue weighted by molar-refractivity contribution is -0.147. The molecule has 0 radical (unpaired) electrons. The topological polar surface area (TPSA) is 72.5 Å². The number of halogens is 2. The molecule has 2 rings (SSSR count). The standard InChI is InChI=1S/C19H17BrFNO4/c1-12-2-7-16(15(20)10-12)22-18(24)11-26-19(25)9-8-17(23)13-3-5-14(21)6-4-13/h2-7,10H,8-9,11H2,1H3,(H,22,24). The van der Waals surface area contributed by atoms with E-state index in [0.717, 1.165) is 10.0 Å². The van der Waals surface area contributed by atoms with E-state index in [2.05, 4.69) is 21.2 Å². The lowest BCUT2D eigenvalue weighted by Crippen LogP contribution is -2.21. The zero-order valence-electron chi connectivity index (χ0n) is 14.1. The van der Waals surface area contributed by atoms with Gasteiger partial charge in [-0.2, -0.15) is 0 Å². The SMILES string of the molecule is Cc1ccc(NC(=O)COC(=O)CCC(=O)c2ccc(F)cc2)c(Br)c1. The summed E-state index contributed by atoms with van der Waals surface area (Å²) in [5.41, 5.74) is 1.93. The number of esters is 1. The molecule has 0 aliphatic heterocycles. The van der Waals surface area contributed by atoms with Crippen molar-refractivity contribution in [1.82, 2.24) is 0 Å². The minimum absolute atomic E-state index is 0.0738. The fraction of sp³-hybridized carbons (Fsp3) is 0.211. The third kappa shape index (κ3) is 6.07. The smallest absolute Gasteiger partial charge is 0.306 e. The molecule has 0 fully saturated rings. The molecule has 26 heavy (non-hydrogen) atoms. The van der Waals surface area contributed by atoms with E-state index in [0.29, 0.717) is 11.3 Å². The number of carbonyl (C=O) groups is 3. The number of ketones is 1. The minimum atomic E-state index is -0.654. The van der Waals surface area contributed by atoms with Crippen LogP contribution in [0.5, 0.6) is 0 Å². The molecule has 0 spiro atoms. The first kappa shape index (κ1) is 19.8. The van der Waals surface area contributed by atoms with Crippen LogP contribution in [0.3, 0.4) is 0 Å². The monoisotopic (exact) mass is 421 g/mol. The van der Waals surface area contributed by atoms with Crippen LogP contribution in [0.4, 0.5) is 10.1 Å². The van der Waals surface area contributed by atoms with Crippen molar-refractivity contribution in [3.05, 3.63) is 63.9 Å². The number of carbonyl (C=O) groups excluding carboxylic acids is 3. The second-order valence-electron chi connectivity index (χ2n) is 5.62. The number of ether oxygens (including phenoxy) is 1. The predicted octanol–water partition coefficient (Wildman–Crippen LogP) is 4.04. The number of nitrogens with one attached hydrogen (secondary N) is 1. The Morgan fingerprint density at radius 1 is 1.08 bits per heavy atom. The summed E-state index contributed by atoms with van der Waals surface area (Å²) in [6.45, 7) is 1.48. The van der Waals surface area contributed by atoms with Gasteiger partial charge in [0.15, 0.2) is 12.4 Å². The molecule has 7 heteroatoms. The molecule has 2 aromatic carbocycles. The quantitative estimate of drug-likeness (QED) is 0.540. The Morgan fingerprint density at radius 3 is 2.42 bits per heavy atom. The van der Waals surface area contributed by atoms with Crippen LogP contribution in [0.15, 0.2) is 46.9 Å². The van der Waals surface area contributed by atoms with E-state index in [-0.39, 0.29) is 18.6 Å². The van der Waals surface area contributed by atoms with Crippen LogP contribution < -0.4 is 5.32 Å². The Hall–Kier alpha value is -2.54. The van der Waals surface area contributed by atoms with Crippen molar-refractivity contribution < 1.29 is 23.5 Å². The molecule has 0 saturated heterocycles. The number of Topliss-reactive ketones (excluding diaryl/α,β-unsaturated/α-hetero) is 1. The normalized spacial score (nSPS) is 10.3. The largest absolute Gasteiger partial charge is 0.456 e. The highest BCUT2D eigenvalue weighted by atomic mass is 79.9.